The molecule has 0 bridgehead atoms. The van der Waals surface area contributed by atoms with Crippen molar-refractivity contribution in [3.05, 3.63) is 51.3 Å². The van der Waals surface area contributed by atoms with E-state index in [4.69, 9.17) is 23.7 Å². The van der Waals surface area contributed by atoms with Gasteiger partial charge in [-0.1, -0.05) is 6.58 Å². The Bertz CT molecular complexity index is 658. The molecule has 0 aliphatic carbocycles. The second-order valence-corrected chi connectivity index (χ2v) is 5.63. The number of nitrogens with zero attached hydrogens (tertiary/aromatic N) is 2. The van der Waals surface area contributed by atoms with Gasteiger partial charge in [-0.3, -0.25) is 20.2 Å². The van der Waals surface area contributed by atoms with Gasteiger partial charge in [0.05, 0.1) is 75.0 Å². The van der Waals surface area contributed by atoms with Crippen molar-refractivity contribution >= 4 is 17.1 Å². The molecule has 0 saturated heterocycles. The number of non-ortho nitro benzene ring substituents is 1. The van der Waals surface area contributed by atoms with E-state index in [0.29, 0.717) is 66.0 Å². The Morgan fingerprint density at radius 1 is 0.833 bits per heavy atom. The summed E-state index contributed by atoms with van der Waals surface area (Å²) < 4.78 is 26.2. The van der Waals surface area contributed by atoms with Gasteiger partial charge in [-0.25, -0.2) is 0 Å². The molecular weight excluding hydrogens is 402 g/mol. The largest absolute Gasteiger partial charge is 0.499 e. The minimum absolute atomic E-state index is 0.194. The highest BCUT2D eigenvalue weighted by atomic mass is 16.6. The molecule has 1 N–H and O–H groups in total. The van der Waals surface area contributed by atoms with E-state index < -0.39 is 9.85 Å². The fraction of sp³-hybridized carbons (Fsp3) is 0.556. The van der Waals surface area contributed by atoms with Crippen LogP contribution in [0.25, 0.3) is 0 Å². The first kappa shape index (κ1) is 25.2. The number of nitro groups is 2. The van der Waals surface area contributed by atoms with Crippen LogP contribution in [0.1, 0.15) is 0 Å². The Morgan fingerprint density at radius 2 is 1.37 bits per heavy atom. The van der Waals surface area contributed by atoms with Crippen molar-refractivity contribution in [2.75, 3.05) is 71.3 Å². The highest BCUT2D eigenvalue weighted by Crippen LogP contribution is 2.28. The van der Waals surface area contributed by atoms with Crippen LogP contribution in [0.3, 0.4) is 0 Å². The third-order valence-electron chi connectivity index (χ3n) is 3.53. The van der Waals surface area contributed by atoms with Gasteiger partial charge in [0.2, 0.25) is 0 Å². The van der Waals surface area contributed by atoms with E-state index in [0.717, 1.165) is 6.07 Å². The zero-order valence-electron chi connectivity index (χ0n) is 16.7. The summed E-state index contributed by atoms with van der Waals surface area (Å²) in [5.74, 6) is 0. The number of benzene rings is 1. The van der Waals surface area contributed by atoms with E-state index in [1.807, 2.05) is 0 Å². The fourth-order valence-corrected chi connectivity index (χ4v) is 2.14. The van der Waals surface area contributed by atoms with Crippen LogP contribution >= 0.6 is 0 Å². The smallest absolute Gasteiger partial charge is 0.299 e. The van der Waals surface area contributed by atoms with E-state index in [1.165, 1.54) is 18.4 Å². The molecule has 30 heavy (non-hydrogen) atoms. The fourth-order valence-electron chi connectivity index (χ4n) is 2.14. The molecule has 0 aliphatic rings. The van der Waals surface area contributed by atoms with Crippen LogP contribution in [0.2, 0.25) is 0 Å². The number of hydrogen-bond donors (Lipinski definition) is 1. The van der Waals surface area contributed by atoms with E-state index in [-0.39, 0.29) is 17.1 Å². The topological polar surface area (TPSA) is 144 Å². The molecule has 1 aromatic carbocycles. The van der Waals surface area contributed by atoms with Gasteiger partial charge in [-0.2, -0.15) is 0 Å². The lowest BCUT2D eigenvalue weighted by Crippen LogP contribution is -2.15. The van der Waals surface area contributed by atoms with Crippen molar-refractivity contribution in [3.8, 4) is 0 Å². The first-order valence-corrected chi connectivity index (χ1v) is 9.26. The van der Waals surface area contributed by atoms with E-state index in [9.17, 15) is 20.2 Å². The predicted octanol–water partition coefficient (Wildman–Crippen LogP) is 2.14. The molecule has 1 rings (SSSR count). The molecule has 0 fully saturated rings. The van der Waals surface area contributed by atoms with Crippen LogP contribution in [0.4, 0.5) is 17.1 Å². The van der Waals surface area contributed by atoms with Crippen LogP contribution in [0.5, 0.6) is 0 Å². The van der Waals surface area contributed by atoms with Crippen molar-refractivity contribution in [3.63, 3.8) is 0 Å². The maximum absolute atomic E-state index is 11.0. The number of anilines is 1. The van der Waals surface area contributed by atoms with Gasteiger partial charge in [0.1, 0.15) is 12.3 Å². The lowest BCUT2D eigenvalue weighted by Gasteiger charge is -2.09. The van der Waals surface area contributed by atoms with Gasteiger partial charge >= 0.3 is 0 Å². The number of nitrogens with one attached hydrogen (secondary N) is 1. The SMILES string of the molecule is C=COCCOCCOCCOCCOCCNc1ccc([N+](=O)[O-])cc1[N+](=O)[O-]. The molecule has 0 aliphatic heterocycles. The van der Waals surface area contributed by atoms with Gasteiger partial charge in [0.15, 0.2) is 0 Å². The van der Waals surface area contributed by atoms with Crippen molar-refractivity contribution in [1.82, 2.24) is 0 Å². The maximum Gasteiger partial charge on any atom is 0.299 e. The normalized spacial score (nSPS) is 10.5. The Hall–Kier alpha value is -2.80. The standard InChI is InChI=1S/C18H27N3O9/c1-2-26-7-8-28-11-12-30-14-13-29-10-9-27-6-5-19-17-4-3-16(20(22)23)15-18(17)21(24)25/h2-4,15,19H,1,5-14H2. The summed E-state index contributed by atoms with van der Waals surface area (Å²) in [6, 6.07) is 3.43. The van der Waals surface area contributed by atoms with Crippen LogP contribution in [0, 0.1) is 20.2 Å². The Labute approximate surface area is 174 Å². The summed E-state index contributed by atoms with van der Waals surface area (Å²) in [5, 5.41) is 24.6. The van der Waals surface area contributed by atoms with Gasteiger partial charge in [0, 0.05) is 12.6 Å². The Balaban J connectivity index is 2.01. The molecule has 0 spiro atoms. The predicted molar refractivity (Wildman–Crippen MR) is 108 cm³/mol. The van der Waals surface area contributed by atoms with Crippen LogP contribution in [-0.2, 0) is 23.7 Å². The molecule has 0 aromatic heterocycles. The Morgan fingerprint density at radius 3 is 1.87 bits per heavy atom. The quantitative estimate of drug-likeness (QED) is 0.150. The average molecular weight is 429 g/mol. The molecule has 0 saturated carbocycles. The number of hydrogen-bond acceptors (Lipinski definition) is 10. The molecule has 12 nitrogen and oxygen atoms in total. The van der Waals surface area contributed by atoms with Crippen LogP contribution in [0.15, 0.2) is 31.0 Å². The second-order valence-electron chi connectivity index (χ2n) is 5.63. The summed E-state index contributed by atoms with van der Waals surface area (Å²) in [6.07, 6.45) is 1.36. The highest BCUT2D eigenvalue weighted by Gasteiger charge is 2.18. The first-order chi connectivity index (χ1) is 14.6. The average Bonchev–Trinajstić information content (AvgIpc) is 2.73. The maximum atomic E-state index is 11.0. The van der Waals surface area contributed by atoms with Gasteiger partial charge in [-0.05, 0) is 6.07 Å². The minimum Gasteiger partial charge on any atom is -0.499 e. The third-order valence-corrected chi connectivity index (χ3v) is 3.53. The zero-order valence-corrected chi connectivity index (χ0v) is 16.7. The van der Waals surface area contributed by atoms with E-state index in [1.54, 1.807) is 0 Å². The lowest BCUT2D eigenvalue weighted by atomic mass is 10.2. The third kappa shape index (κ3) is 11.3. The van der Waals surface area contributed by atoms with E-state index in [2.05, 4.69) is 11.9 Å². The molecule has 168 valence electrons. The second kappa shape index (κ2) is 16.0. The lowest BCUT2D eigenvalue weighted by molar-refractivity contribution is -0.393. The van der Waals surface area contributed by atoms with Crippen LogP contribution < -0.4 is 5.32 Å². The molecule has 0 amide bonds. The molecule has 12 heteroatoms. The first-order valence-electron chi connectivity index (χ1n) is 9.26. The highest BCUT2D eigenvalue weighted by molar-refractivity contribution is 5.65. The number of rotatable bonds is 19. The number of nitro benzene ring substituents is 2. The molecule has 0 heterocycles. The summed E-state index contributed by atoms with van der Waals surface area (Å²) in [5.41, 5.74) is -0.502. The molecular formula is C18H27N3O9. The van der Waals surface area contributed by atoms with Gasteiger partial charge in [0.25, 0.3) is 11.4 Å². The van der Waals surface area contributed by atoms with E-state index >= 15 is 0 Å². The summed E-state index contributed by atoms with van der Waals surface area (Å²) >= 11 is 0. The summed E-state index contributed by atoms with van der Waals surface area (Å²) in [4.78, 5) is 20.4. The molecule has 0 radical (unpaired) electrons. The monoisotopic (exact) mass is 429 g/mol. The van der Waals surface area contributed by atoms with Crippen molar-refractivity contribution in [1.29, 1.82) is 0 Å². The number of ether oxygens (including phenoxy) is 5. The zero-order chi connectivity index (χ0) is 22.0. The van der Waals surface area contributed by atoms with Gasteiger partial charge in [-0.15, -0.1) is 0 Å². The molecule has 0 atom stereocenters. The van der Waals surface area contributed by atoms with Crippen molar-refractivity contribution < 1.29 is 33.5 Å². The van der Waals surface area contributed by atoms with Crippen LogP contribution in [-0.4, -0.2) is 75.9 Å². The van der Waals surface area contributed by atoms with Gasteiger partial charge < -0.3 is 29.0 Å². The summed E-state index contributed by atoms with van der Waals surface area (Å²) in [7, 11) is 0. The molecule has 0 unspecified atom stereocenters. The minimum atomic E-state index is -0.681. The Kier molecular flexibility index (Phi) is 13.5. The summed E-state index contributed by atoms with van der Waals surface area (Å²) in [6.45, 7) is 7.52. The molecule has 1 aromatic rings. The van der Waals surface area contributed by atoms with Crippen molar-refractivity contribution in [2.24, 2.45) is 0 Å². The van der Waals surface area contributed by atoms with Crippen molar-refractivity contribution in [2.45, 2.75) is 0 Å².